The molecule has 0 aromatic rings. The summed E-state index contributed by atoms with van der Waals surface area (Å²) in [6, 6.07) is 0. The first kappa shape index (κ1) is 11.0. The molecule has 0 aliphatic rings. The third kappa shape index (κ3) is 6.36. The number of hydrogen-bond donors (Lipinski definition) is 1. The molecule has 64 valence electrons. The van der Waals surface area contributed by atoms with E-state index in [-0.39, 0.29) is 12.0 Å². The van der Waals surface area contributed by atoms with E-state index in [1.807, 2.05) is 6.08 Å². The van der Waals surface area contributed by atoms with E-state index in [0.29, 0.717) is 0 Å². The van der Waals surface area contributed by atoms with Crippen LogP contribution in [0.4, 0.5) is 0 Å². The van der Waals surface area contributed by atoms with Gasteiger partial charge in [-0.15, -0.1) is 5.73 Å². The largest absolute Gasteiger partial charge is 0.396 e. The minimum Gasteiger partial charge on any atom is -0.396 e. The lowest BCUT2D eigenvalue weighted by molar-refractivity contribution is 0.213. The zero-order valence-corrected chi connectivity index (χ0v) is 8.69. The van der Waals surface area contributed by atoms with E-state index in [4.69, 9.17) is 5.11 Å². The Bertz CT molecular complexity index is 155. The Balaban J connectivity index is 3.81. The van der Waals surface area contributed by atoms with Crippen molar-refractivity contribution in [2.75, 3.05) is 6.61 Å². The van der Waals surface area contributed by atoms with Crippen molar-refractivity contribution in [2.24, 2.45) is 5.41 Å². The lowest BCUT2D eigenvalue weighted by Gasteiger charge is -2.20. The predicted octanol–water partition coefficient (Wildman–Crippen LogP) is 2.85. The Morgan fingerprint density at radius 3 is 2.64 bits per heavy atom. The highest BCUT2D eigenvalue weighted by Crippen LogP contribution is 2.24. The van der Waals surface area contributed by atoms with Gasteiger partial charge in [0.2, 0.25) is 0 Å². The zero-order chi connectivity index (χ0) is 8.74. The lowest BCUT2D eigenvalue weighted by Crippen LogP contribution is -2.11. The van der Waals surface area contributed by atoms with Crippen molar-refractivity contribution in [1.82, 2.24) is 0 Å². The first-order chi connectivity index (χ1) is 5.12. The molecule has 0 fully saturated rings. The van der Waals surface area contributed by atoms with Crippen LogP contribution in [0.1, 0.15) is 26.7 Å². The van der Waals surface area contributed by atoms with Gasteiger partial charge in [0.05, 0.1) is 0 Å². The van der Waals surface area contributed by atoms with Gasteiger partial charge in [0.25, 0.3) is 0 Å². The fourth-order valence-electron chi connectivity index (χ4n) is 0.784. The van der Waals surface area contributed by atoms with Crippen LogP contribution in [0.2, 0.25) is 0 Å². The second kappa shape index (κ2) is 5.59. The van der Waals surface area contributed by atoms with Gasteiger partial charge in [0.1, 0.15) is 0 Å². The van der Waals surface area contributed by atoms with Crippen LogP contribution in [0.5, 0.6) is 0 Å². The molecule has 0 heterocycles. The second-order valence-electron chi connectivity index (χ2n) is 3.32. The number of aliphatic hydroxyl groups is 1. The average molecular weight is 219 g/mol. The minimum absolute atomic E-state index is 0.192. The second-order valence-corrected chi connectivity index (χ2v) is 3.78. The third-order valence-electron chi connectivity index (χ3n) is 1.62. The van der Waals surface area contributed by atoms with E-state index in [2.05, 4.69) is 35.5 Å². The van der Waals surface area contributed by atoms with Gasteiger partial charge < -0.3 is 5.11 Å². The van der Waals surface area contributed by atoms with Crippen LogP contribution < -0.4 is 0 Å². The van der Waals surface area contributed by atoms with Crippen LogP contribution in [0, 0.1) is 5.41 Å². The highest BCUT2D eigenvalue weighted by Gasteiger charge is 2.14. The summed E-state index contributed by atoms with van der Waals surface area (Å²) in [7, 11) is 0. The zero-order valence-electron chi connectivity index (χ0n) is 7.10. The Morgan fingerprint density at radius 2 is 2.18 bits per heavy atom. The fraction of sp³-hybridized carbons (Fsp3) is 0.667. The van der Waals surface area contributed by atoms with Crippen molar-refractivity contribution in [2.45, 2.75) is 26.7 Å². The van der Waals surface area contributed by atoms with E-state index in [1.54, 1.807) is 4.99 Å². The molecule has 0 saturated heterocycles. The summed E-state index contributed by atoms with van der Waals surface area (Å²) in [5.41, 5.74) is 3.14. The molecule has 0 saturated carbocycles. The first-order valence-electron chi connectivity index (χ1n) is 3.73. The Kier molecular flexibility index (Phi) is 5.57. The minimum atomic E-state index is 0.192. The van der Waals surface area contributed by atoms with Crippen molar-refractivity contribution in [3.05, 3.63) is 16.8 Å². The van der Waals surface area contributed by atoms with E-state index in [0.717, 1.165) is 12.8 Å². The summed E-state index contributed by atoms with van der Waals surface area (Å²) in [6.07, 6.45) is 3.77. The summed E-state index contributed by atoms with van der Waals surface area (Å²) in [4.78, 5) is 1.71. The first-order valence-corrected chi connectivity index (χ1v) is 4.64. The SMILES string of the molecule is CC(C)(CC=C=CBr)CCO. The summed E-state index contributed by atoms with van der Waals surface area (Å²) < 4.78 is 0. The van der Waals surface area contributed by atoms with Gasteiger partial charge in [-0.1, -0.05) is 29.8 Å². The molecule has 0 unspecified atom stereocenters. The number of aliphatic hydroxyl groups excluding tert-OH is 1. The van der Waals surface area contributed by atoms with Crippen LogP contribution in [-0.4, -0.2) is 11.7 Å². The molecule has 0 spiro atoms. The topological polar surface area (TPSA) is 20.2 Å². The Labute approximate surface area is 76.9 Å². The monoisotopic (exact) mass is 218 g/mol. The molecule has 0 amide bonds. The molecule has 2 heteroatoms. The molecule has 1 nitrogen and oxygen atoms in total. The molecule has 0 aliphatic heterocycles. The number of rotatable bonds is 4. The maximum atomic E-state index is 8.71. The Morgan fingerprint density at radius 1 is 1.55 bits per heavy atom. The van der Waals surface area contributed by atoms with Gasteiger partial charge >= 0.3 is 0 Å². The summed E-state index contributed by atoms with van der Waals surface area (Å²) in [5, 5.41) is 8.71. The van der Waals surface area contributed by atoms with Crippen molar-refractivity contribution in [1.29, 1.82) is 0 Å². The highest BCUT2D eigenvalue weighted by atomic mass is 79.9. The standard InChI is InChI=1S/C9H15BrO/c1-9(2,6-8-11)5-3-4-7-10/h3,7,11H,5-6,8H2,1-2H3. The quantitative estimate of drug-likeness (QED) is 0.721. The summed E-state index contributed by atoms with van der Waals surface area (Å²) in [5.74, 6) is 0. The number of halogens is 1. The molecule has 0 aliphatic carbocycles. The summed E-state index contributed by atoms with van der Waals surface area (Å²) in [6.45, 7) is 4.53. The van der Waals surface area contributed by atoms with Crippen molar-refractivity contribution >= 4 is 15.9 Å². The van der Waals surface area contributed by atoms with Crippen LogP contribution >= 0.6 is 15.9 Å². The fourth-order valence-corrected chi connectivity index (χ4v) is 0.971. The number of allylic oxidation sites excluding steroid dienone is 1. The van der Waals surface area contributed by atoms with Gasteiger partial charge in [-0.05, 0) is 24.3 Å². The molecule has 0 radical (unpaired) electrons. The van der Waals surface area contributed by atoms with Crippen molar-refractivity contribution in [3.63, 3.8) is 0 Å². The molecule has 0 aromatic heterocycles. The Hall–Kier alpha value is -0.0400. The number of hydrogen-bond acceptors (Lipinski definition) is 1. The van der Waals surface area contributed by atoms with E-state index in [1.165, 1.54) is 0 Å². The van der Waals surface area contributed by atoms with Gasteiger partial charge in [-0.25, -0.2) is 0 Å². The molecule has 0 atom stereocenters. The van der Waals surface area contributed by atoms with E-state index >= 15 is 0 Å². The predicted molar refractivity (Wildman–Crippen MR) is 51.7 cm³/mol. The van der Waals surface area contributed by atoms with Gasteiger partial charge in [0.15, 0.2) is 0 Å². The van der Waals surface area contributed by atoms with Crippen LogP contribution in [0.3, 0.4) is 0 Å². The lowest BCUT2D eigenvalue weighted by atomic mass is 9.86. The van der Waals surface area contributed by atoms with Crippen LogP contribution in [0.25, 0.3) is 0 Å². The third-order valence-corrected chi connectivity index (χ3v) is 1.89. The van der Waals surface area contributed by atoms with Gasteiger partial charge in [0, 0.05) is 11.6 Å². The van der Waals surface area contributed by atoms with Crippen molar-refractivity contribution < 1.29 is 5.11 Å². The summed E-state index contributed by atoms with van der Waals surface area (Å²) >= 11 is 3.14. The van der Waals surface area contributed by atoms with Crippen LogP contribution in [0.15, 0.2) is 16.8 Å². The normalized spacial score (nSPS) is 10.5. The molecular formula is C9H15BrO. The van der Waals surface area contributed by atoms with E-state index in [9.17, 15) is 0 Å². The van der Waals surface area contributed by atoms with Gasteiger partial charge in [-0.3, -0.25) is 0 Å². The average Bonchev–Trinajstić information content (AvgIpc) is 1.87. The highest BCUT2D eigenvalue weighted by molar-refractivity contribution is 9.11. The van der Waals surface area contributed by atoms with Crippen molar-refractivity contribution in [3.8, 4) is 0 Å². The molecule has 0 aromatic carbocycles. The molecule has 11 heavy (non-hydrogen) atoms. The molecule has 0 bridgehead atoms. The van der Waals surface area contributed by atoms with E-state index < -0.39 is 0 Å². The molecular weight excluding hydrogens is 204 g/mol. The maximum absolute atomic E-state index is 8.71. The van der Waals surface area contributed by atoms with Gasteiger partial charge in [-0.2, -0.15) is 0 Å². The molecule has 0 rings (SSSR count). The molecule has 1 N–H and O–H groups in total. The maximum Gasteiger partial charge on any atom is 0.0436 e. The van der Waals surface area contributed by atoms with Crippen LogP contribution in [-0.2, 0) is 0 Å². The smallest absolute Gasteiger partial charge is 0.0436 e.